The van der Waals surface area contributed by atoms with Gasteiger partial charge in [0.25, 0.3) is 0 Å². The van der Waals surface area contributed by atoms with Crippen LogP contribution in [0, 0.1) is 11.8 Å². The highest BCUT2D eigenvalue weighted by molar-refractivity contribution is 5.90. The minimum Gasteiger partial charge on any atom is -0.392 e. The van der Waals surface area contributed by atoms with Crippen molar-refractivity contribution in [2.45, 2.75) is 44.6 Å². The predicted molar refractivity (Wildman–Crippen MR) is 47.0 cm³/mol. The van der Waals surface area contributed by atoms with Gasteiger partial charge in [-0.1, -0.05) is 11.6 Å². The Bertz CT molecular complexity index is 224. The highest BCUT2D eigenvalue weighted by Gasteiger charge is 2.44. The van der Waals surface area contributed by atoms with Gasteiger partial charge in [0.2, 0.25) is 0 Å². The van der Waals surface area contributed by atoms with Crippen LogP contribution in [0.5, 0.6) is 0 Å². The molecule has 12 heavy (non-hydrogen) atoms. The minimum atomic E-state index is 0.468. The molecule has 0 aromatic carbocycles. The lowest BCUT2D eigenvalue weighted by molar-refractivity contribution is 0.0465. The van der Waals surface area contributed by atoms with Crippen molar-refractivity contribution in [3.63, 3.8) is 0 Å². The van der Waals surface area contributed by atoms with Crippen molar-refractivity contribution in [3.8, 4) is 0 Å². The van der Waals surface area contributed by atoms with Gasteiger partial charge in [-0.2, -0.15) is 0 Å². The Morgan fingerprint density at radius 1 is 1.17 bits per heavy atom. The van der Waals surface area contributed by atoms with Gasteiger partial charge in [-0.3, -0.25) is 0 Å². The van der Waals surface area contributed by atoms with Crippen LogP contribution < -0.4 is 0 Å². The standard InChI is InChI=1S/C10H15NO/c1-2-4-9-10-7(3-1)5-6-8(10)11-12-9/h7,9-10H,1-6H2/t7-,9+,10+/m0/s1. The van der Waals surface area contributed by atoms with Crippen molar-refractivity contribution in [1.82, 2.24) is 0 Å². The molecule has 0 aromatic rings. The monoisotopic (exact) mass is 165 g/mol. The Kier molecular flexibility index (Phi) is 1.43. The largest absolute Gasteiger partial charge is 0.392 e. The van der Waals surface area contributed by atoms with Crippen LogP contribution in [0.1, 0.15) is 38.5 Å². The summed E-state index contributed by atoms with van der Waals surface area (Å²) in [7, 11) is 0. The van der Waals surface area contributed by atoms with Crippen molar-refractivity contribution in [2.24, 2.45) is 17.0 Å². The van der Waals surface area contributed by atoms with E-state index in [2.05, 4.69) is 5.16 Å². The van der Waals surface area contributed by atoms with Crippen LogP contribution in [0.3, 0.4) is 0 Å². The molecule has 0 aromatic heterocycles. The van der Waals surface area contributed by atoms with Crippen LogP contribution in [0.15, 0.2) is 5.16 Å². The first-order valence-corrected chi connectivity index (χ1v) is 5.18. The molecule has 0 saturated heterocycles. The topological polar surface area (TPSA) is 21.6 Å². The van der Waals surface area contributed by atoms with Gasteiger partial charge >= 0.3 is 0 Å². The van der Waals surface area contributed by atoms with Gasteiger partial charge in [0.05, 0.1) is 5.71 Å². The van der Waals surface area contributed by atoms with E-state index in [0.717, 1.165) is 11.8 Å². The molecule has 0 N–H and O–H groups in total. The van der Waals surface area contributed by atoms with E-state index in [-0.39, 0.29) is 0 Å². The summed E-state index contributed by atoms with van der Waals surface area (Å²) in [5, 5.41) is 4.20. The zero-order chi connectivity index (χ0) is 7.97. The molecule has 1 heterocycles. The van der Waals surface area contributed by atoms with Gasteiger partial charge in [0, 0.05) is 5.92 Å². The zero-order valence-electron chi connectivity index (χ0n) is 7.33. The molecule has 0 radical (unpaired) electrons. The number of oxime groups is 1. The normalized spacial score (nSPS) is 44.7. The molecule has 2 fully saturated rings. The molecule has 3 atom stereocenters. The molecule has 3 aliphatic rings. The summed E-state index contributed by atoms with van der Waals surface area (Å²) < 4.78 is 0. The minimum absolute atomic E-state index is 0.468. The van der Waals surface area contributed by atoms with Crippen LogP contribution in [0.2, 0.25) is 0 Å². The fourth-order valence-corrected chi connectivity index (χ4v) is 3.09. The SMILES string of the molecule is C1CC[C@H]2ON=C3CC[C@H](C1)[C@H]32. The maximum Gasteiger partial charge on any atom is 0.135 e. The average Bonchev–Trinajstić information content (AvgIpc) is 2.57. The number of rotatable bonds is 0. The lowest BCUT2D eigenvalue weighted by atomic mass is 9.89. The Morgan fingerprint density at radius 3 is 3.08 bits per heavy atom. The van der Waals surface area contributed by atoms with E-state index < -0.39 is 0 Å². The molecule has 2 heteroatoms. The quantitative estimate of drug-likeness (QED) is 0.540. The third-order valence-electron chi connectivity index (χ3n) is 3.68. The first-order valence-electron chi connectivity index (χ1n) is 5.18. The van der Waals surface area contributed by atoms with E-state index in [1.165, 1.54) is 44.2 Å². The second kappa shape index (κ2) is 2.48. The van der Waals surface area contributed by atoms with Crippen molar-refractivity contribution >= 4 is 5.71 Å². The Hall–Kier alpha value is -0.530. The number of hydrogen-bond donors (Lipinski definition) is 0. The molecule has 0 amide bonds. The first kappa shape index (κ1) is 6.93. The molecule has 0 spiro atoms. The van der Waals surface area contributed by atoms with Crippen molar-refractivity contribution in [1.29, 1.82) is 0 Å². The molecule has 1 aliphatic heterocycles. The average molecular weight is 165 g/mol. The second-order valence-corrected chi connectivity index (χ2v) is 4.34. The maximum absolute atomic E-state index is 5.46. The van der Waals surface area contributed by atoms with Crippen LogP contribution in [0.25, 0.3) is 0 Å². The molecular weight excluding hydrogens is 150 g/mol. The lowest BCUT2D eigenvalue weighted by Crippen LogP contribution is -2.23. The Balaban J connectivity index is 1.91. The maximum atomic E-state index is 5.46. The molecule has 2 nitrogen and oxygen atoms in total. The highest BCUT2D eigenvalue weighted by atomic mass is 16.6. The van der Waals surface area contributed by atoms with Crippen molar-refractivity contribution < 1.29 is 4.84 Å². The van der Waals surface area contributed by atoms with E-state index >= 15 is 0 Å². The summed E-state index contributed by atoms with van der Waals surface area (Å²) in [5.41, 5.74) is 1.38. The fraction of sp³-hybridized carbons (Fsp3) is 0.900. The molecule has 2 aliphatic carbocycles. The van der Waals surface area contributed by atoms with Crippen LogP contribution in [-0.2, 0) is 4.84 Å². The summed E-state index contributed by atoms with van der Waals surface area (Å²) in [6, 6.07) is 0. The first-order chi connectivity index (χ1) is 5.95. The second-order valence-electron chi connectivity index (χ2n) is 4.34. The molecular formula is C10H15NO. The van der Waals surface area contributed by atoms with Crippen LogP contribution in [0.4, 0.5) is 0 Å². The van der Waals surface area contributed by atoms with Gasteiger partial charge in [-0.05, 0) is 38.0 Å². The third kappa shape index (κ3) is 0.838. The highest BCUT2D eigenvalue weighted by Crippen LogP contribution is 2.43. The Morgan fingerprint density at radius 2 is 2.08 bits per heavy atom. The molecule has 3 rings (SSSR count). The number of hydrogen-bond acceptors (Lipinski definition) is 2. The van der Waals surface area contributed by atoms with Crippen LogP contribution >= 0.6 is 0 Å². The summed E-state index contributed by atoms with van der Waals surface area (Å²) in [4.78, 5) is 5.46. The van der Waals surface area contributed by atoms with Crippen molar-refractivity contribution in [2.75, 3.05) is 0 Å². The van der Waals surface area contributed by atoms with Gasteiger partial charge < -0.3 is 4.84 Å². The molecule has 2 saturated carbocycles. The zero-order valence-corrected chi connectivity index (χ0v) is 7.33. The van der Waals surface area contributed by atoms with Gasteiger partial charge in [0.1, 0.15) is 6.10 Å². The summed E-state index contributed by atoms with van der Waals surface area (Å²) >= 11 is 0. The predicted octanol–water partition coefficient (Wildman–Crippen LogP) is 2.34. The summed E-state index contributed by atoms with van der Waals surface area (Å²) in [6.45, 7) is 0. The van der Waals surface area contributed by atoms with E-state index in [0.29, 0.717) is 6.10 Å². The van der Waals surface area contributed by atoms with Gasteiger partial charge in [0.15, 0.2) is 0 Å². The smallest absolute Gasteiger partial charge is 0.135 e. The van der Waals surface area contributed by atoms with E-state index in [1.807, 2.05) is 0 Å². The van der Waals surface area contributed by atoms with E-state index in [9.17, 15) is 0 Å². The van der Waals surface area contributed by atoms with Gasteiger partial charge in [-0.25, -0.2) is 0 Å². The van der Waals surface area contributed by atoms with Crippen LogP contribution in [-0.4, -0.2) is 11.8 Å². The molecule has 66 valence electrons. The fourth-order valence-electron chi connectivity index (χ4n) is 3.09. The van der Waals surface area contributed by atoms with E-state index in [1.54, 1.807) is 0 Å². The summed E-state index contributed by atoms with van der Waals surface area (Å²) in [5.74, 6) is 1.64. The summed E-state index contributed by atoms with van der Waals surface area (Å²) in [6.07, 6.45) is 8.48. The van der Waals surface area contributed by atoms with Crippen molar-refractivity contribution in [3.05, 3.63) is 0 Å². The third-order valence-corrected chi connectivity index (χ3v) is 3.68. The lowest BCUT2D eigenvalue weighted by Gasteiger charge is -2.17. The Labute approximate surface area is 73.0 Å². The molecule has 0 unspecified atom stereocenters. The van der Waals surface area contributed by atoms with Gasteiger partial charge in [-0.15, -0.1) is 0 Å². The van der Waals surface area contributed by atoms with E-state index in [4.69, 9.17) is 4.84 Å². The number of nitrogens with zero attached hydrogens (tertiary/aromatic N) is 1. The molecule has 0 bridgehead atoms.